The van der Waals surface area contributed by atoms with Gasteiger partial charge in [-0.25, -0.2) is 4.98 Å². The Morgan fingerprint density at radius 3 is 2.59 bits per heavy atom. The highest BCUT2D eigenvalue weighted by molar-refractivity contribution is 5.90. The maximum atomic E-state index is 11.0. The van der Waals surface area contributed by atoms with Gasteiger partial charge < -0.3 is 20.3 Å². The van der Waals surface area contributed by atoms with Crippen LogP contribution in [0.5, 0.6) is 5.75 Å². The number of fused-ring (bicyclic) bond motifs is 1. The van der Waals surface area contributed by atoms with Crippen molar-refractivity contribution >= 4 is 28.4 Å². The van der Waals surface area contributed by atoms with Crippen molar-refractivity contribution in [2.24, 2.45) is 5.92 Å². The van der Waals surface area contributed by atoms with Gasteiger partial charge in [0.15, 0.2) is 0 Å². The molecule has 0 saturated heterocycles. The van der Waals surface area contributed by atoms with E-state index in [1.807, 2.05) is 37.2 Å². The molecule has 1 heterocycles. The van der Waals surface area contributed by atoms with Crippen molar-refractivity contribution in [1.29, 1.82) is 0 Å². The zero-order valence-electron chi connectivity index (χ0n) is 20.0. The number of ether oxygens (including phenoxy) is 1. The fourth-order valence-corrected chi connectivity index (χ4v) is 4.56. The van der Waals surface area contributed by atoms with Crippen LogP contribution in [-0.4, -0.2) is 48.7 Å². The molecule has 0 amide bonds. The molecule has 1 aliphatic carbocycles. The van der Waals surface area contributed by atoms with Crippen LogP contribution in [0.25, 0.3) is 10.9 Å². The van der Waals surface area contributed by atoms with E-state index in [-0.39, 0.29) is 5.69 Å². The Kier molecular flexibility index (Phi) is 7.42. The fraction of sp³-hybridized carbons (Fsp3) is 0.440. The second-order valence-electron chi connectivity index (χ2n) is 9.03. The monoisotopic (exact) mass is 464 g/mol. The summed E-state index contributed by atoms with van der Waals surface area (Å²) in [7, 11) is 5.55. The minimum atomic E-state index is -0.406. The van der Waals surface area contributed by atoms with Crippen molar-refractivity contribution in [3.63, 3.8) is 0 Å². The minimum absolute atomic E-state index is 0.0412. The average Bonchev–Trinajstić information content (AvgIpc) is 2.84. The second-order valence-corrected chi connectivity index (χ2v) is 9.03. The van der Waals surface area contributed by atoms with Crippen molar-refractivity contribution in [1.82, 2.24) is 15.3 Å². The van der Waals surface area contributed by atoms with E-state index < -0.39 is 4.92 Å². The first-order valence-corrected chi connectivity index (χ1v) is 11.7. The van der Waals surface area contributed by atoms with E-state index >= 15 is 0 Å². The van der Waals surface area contributed by atoms with Crippen LogP contribution >= 0.6 is 0 Å². The summed E-state index contributed by atoms with van der Waals surface area (Å²) in [4.78, 5) is 22.1. The number of aromatic nitrogens is 2. The summed E-state index contributed by atoms with van der Waals surface area (Å²) >= 11 is 0. The molecule has 1 aromatic heterocycles. The summed E-state index contributed by atoms with van der Waals surface area (Å²) in [6.07, 6.45) is 4.38. The highest BCUT2D eigenvalue weighted by Gasteiger charge is 2.22. The number of para-hydroxylation sites is 1. The lowest BCUT2D eigenvalue weighted by atomic mass is 9.86. The highest BCUT2D eigenvalue weighted by atomic mass is 16.6. The number of hydrogen-bond donors (Lipinski definition) is 2. The number of anilines is 2. The predicted molar refractivity (Wildman–Crippen MR) is 135 cm³/mol. The molecule has 9 heteroatoms. The summed E-state index contributed by atoms with van der Waals surface area (Å²) in [5, 5.41) is 19.1. The molecule has 1 fully saturated rings. The molecule has 3 aromatic rings. The molecule has 0 radical (unpaired) electrons. The molecule has 9 nitrogen and oxygen atoms in total. The summed E-state index contributed by atoms with van der Waals surface area (Å²) in [6, 6.07) is 13.2. The van der Waals surface area contributed by atoms with Crippen LogP contribution in [0.4, 0.5) is 17.5 Å². The molecule has 0 atom stereocenters. The van der Waals surface area contributed by atoms with Gasteiger partial charge in [-0.1, -0.05) is 12.1 Å². The Labute approximate surface area is 199 Å². The van der Waals surface area contributed by atoms with Crippen LogP contribution in [0.3, 0.4) is 0 Å². The Balaban J connectivity index is 1.29. The molecule has 0 aliphatic heterocycles. The highest BCUT2D eigenvalue weighted by Crippen LogP contribution is 2.29. The van der Waals surface area contributed by atoms with Crippen LogP contribution in [0, 0.1) is 16.0 Å². The van der Waals surface area contributed by atoms with E-state index in [1.165, 1.54) is 19.2 Å². The van der Waals surface area contributed by atoms with E-state index in [1.54, 1.807) is 6.07 Å². The van der Waals surface area contributed by atoms with E-state index in [4.69, 9.17) is 14.7 Å². The van der Waals surface area contributed by atoms with Crippen LogP contribution in [0.2, 0.25) is 0 Å². The first-order valence-electron chi connectivity index (χ1n) is 11.7. The van der Waals surface area contributed by atoms with Crippen LogP contribution in [0.1, 0.15) is 31.2 Å². The van der Waals surface area contributed by atoms with Crippen molar-refractivity contribution in [3.8, 4) is 5.75 Å². The van der Waals surface area contributed by atoms with Crippen molar-refractivity contribution in [2.75, 3.05) is 38.0 Å². The number of nitro groups is 1. The Bertz CT molecular complexity index is 1140. The number of benzene rings is 2. The first-order chi connectivity index (χ1) is 16.4. The van der Waals surface area contributed by atoms with Crippen molar-refractivity contribution in [2.45, 2.75) is 38.3 Å². The van der Waals surface area contributed by atoms with Crippen molar-refractivity contribution < 1.29 is 9.66 Å². The third-order valence-corrected chi connectivity index (χ3v) is 6.42. The molecule has 180 valence electrons. The van der Waals surface area contributed by atoms with Gasteiger partial charge in [0.1, 0.15) is 11.6 Å². The minimum Gasteiger partial charge on any atom is -0.496 e. The van der Waals surface area contributed by atoms with Gasteiger partial charge in [0.25, 0.3) is 5.69 Å². The Morgan fingerprint density at radius 1 is 1.12 bits per heavy atom. The van der Waals surface area contributed by atoms with Gasteiger partial charge in [0, 0.05) is 43.7 Å². The van der Waals surface area contributed by atoms with Crippen LogP contribution in [0.15, 0.2) is 42.5 Å². The third kappa shape index (κ3) is 5.53. The predicted octanol–water partition coefficient (Wildman–Crippen LogP) is 4.37. The summed E-state index contributed by atoms with van der Waals surface area (Å²) in [5.41, 5.74) is 1.91. The summed E-state index contributed by atoms with van der Waals surface area (Å²) in [6.45, 7) is 1.53. The molecule has 1 aliphatic rings. The number of rotatable bonds is 9. The molecule has 0 bridgehead atoms. The number of hydrogen-bond acceptors (Lipinski definition) is 8. The normalized spacial score (nSPS) is 18.0. The largest absolute Gasteiger partial charge is 0.496 e. The lowest BCUT2D eigenvalue weighted by Gasteiger charge is -2.29. The van der Waals surface area contributed by atoms with Crippen molar-refractivity contribution in [3.05, 3.63) is 58.1 Å². The molecule has 4 rings (SSSR count). The van der Waals surface area contributed by atoms with Gasteiger partial charge in [-0.05, 0) is 56.3 Å². The number of non-ortho nitro benzene ring substituents is 1. The maximum absolute atomic E-state index is 11.0. The summed E-state index contributed by atoms with van der Waals surface area (Å²) < 4.78 is 5.33. The lowest BCUT2D eigenvalue weighted by molar-refractivity contribution is -0.384. The molecule has 34 heavy (non-hydrogen) atoms. The molecule has 0 unspecified atom stereocenters. The van der Waals surface area contributed by atoms with Gasteiger partial charge >= 0.3 is 0 Å². The Hall–Kier alpha value is -3.46. The first kappa shape index (κ1) is 23.7. The quantitative estimate of drug-likeness (QED) is 0.355. The van der Waals surface area contributed by atoms with Gasteiger partial charge in [-0.3, -0.25) is 10.1 Å². The van der Waals surface area contributed by atoms with E-state index in [2.05, 4.69) is 16.7 Å². The number of nitrogens with zero attached hydrogens (tertiary/aromatic N) is 4. The SMILES string of the molecule is COc1cc([N+](=O)[O-])ccc1CNC[C@H]1CC[C@@H](Nc2nc(N(C)C)c3ccccc3n2)CC1. The van der Waals surface area contributed by atoms with Crippen LogP contribution in [-0.2, 0) is 6.54 Å². The molecule has 2 N–H and O–H groups in total. The van der Waals surface area contributed by atoms with Crippen LogP contribution < -0.4 is 20.3 Å². The van der Waals surface area contributed by atoms with Gasteiger partial charge in [0.2, 0.25) is 5.95 Å². The standard InChI is InChI=1S/C25H32N6O3/c1-30(2)24-21-6-4-5-7-22(21)28-25(29-24)27-19-11-8-17(9-12-19)15-26-16-18-10-13-20(31(32)33)14-23(18)34-3/h4-7,10,13-14,17,19,26H,8-9,11-12,15-16H2,1-3H3,(H,27,28,29)/t17-,19+. The number of methoxy groups -OCH3 is 1. The topological polar surface area (TPSA) is 105 Å². The van der Waals surface area contributed by atoms with E-state index in [0.29, 0.717) is 30.2 Å². The summed E-state index contributed by atoms with van der Waals surface area (Å²) in [5.74, 6) is 2.75. The van der Waals surface area contributed by atoms with Gasteiger partial charge in [0.05, 0.1) is 23.6 Å². The van der Waals surface area contributed by atoms with Gasteiger partial charge in [-0.15, -0.1) is 0 Å². The zero-order chi connectivity index (χ0) is 24.1. The average molecular weight is 465 g/mol. The lowest BCUT2D eigenvalue weighted by Crippen LogP contribution is -2.31. The molecule has 1 saturated carbocycles. The maximum Gasteiger partial charge on any atom is 0.273 e. The molecule has 0 spiro atoms. The van der Waals surface area contributed by atoms with Gasteiger partial charge in [-0.2, -0.15) is 4.98 Å². The Morgan fingerprint density at radius 2 is 1.88 bits per heavy atom. The fourth-order valence-electron chi connectivity index (χ4n) is 4.56. The molecule has 2 aromatic carbocycles. The molecular weight excluding hydrogens is 432 g/mol. The number of nitrogens with one attached hydrogen (secondary N) is 2. The second kappa shape index (κ2) is 10.6. The number of nitro benzene ring substituents is 1. The third-order valence-electron chi connectivity index (χ3n) is 6.42. The molecular formula is C25H32N6O3. The van der Waals surface area contributed by atoms with E-state index in [9.17, 15) is 10.1 Å². The zero-order valence-corrected chi connectivity index (χ0v) is 20.0. The smallest absolute Gasteiger partial charge is 0.273 e. The van der Waals surface area contributed by atoms with E-state index in [0.717, 1.165) is 54.5 Å².